The van der Waals surface area contributed by atoms with Crippen LogP contribution >= 0.6 is 0 Å². The van der Waals surface area contributed by atoms with Crippen LogP contribution in [0.25, 0.3) is 66.4 Å². The van der Waals surface area contributed by atoms with Crippen LogP contribution in [0.4, 0.5) is 0 Å². The number of fused-ring (bicyclic) bond motifs is 6. The van der Waals surface area contributed by atoms with Crippen LogP contribution in [0.1, 0.15) is 0 Å². The van der Waals surface area contributed by atoms with Gasteiger partial charge in [-0.3, -0.25) is 0 Å². The highest BCUT2D eigenvalue weighted by Gasteiger charge is 2.22. The molecule has 0 N–H and O–H groups in total. The molecule has 8 rings (SSSR count). The Morgan fingerprint density at radius 2 is 0.737 bits per heavy atom. The number of hydrogen-bond donors (Lipinski definition) is 0. The fourth-order valence-electron chi connectivity index (χ4n) is 5.92. The van der Waals surface area contributed by atoms with Gasteiger partial charge in [0.15, 0.2) is 5.82 Å². The summed E-state index contributed by atoms with van der Waals surface area (Å²) in [5, 5.41) is 4.91. The Kier molecular flexibility index (Phi) is 4.49. The van der Waals surface area contributed by atoms with Crippen molar-refractivity contribution < 1.29 is 0 Å². The van der Waals surface area contributed by atoms with Gasteiger partial charge >= 0.3 is 0 Å². The lowest BCUT2D eigenvalue weighted by atomic mass is 10.1. The van der Waals surface area contributed by atoms with Crippen molar-refractivity contribution in [1.29, 1.82) is 0 Å². The van der Waals surface area contributed by atoms with E-state index in [-0.39, 0.29) is 0 Å². The third kappa shape index (κ3) is 2.91. The molecule has 4 nitrogen and oxygen atoms in total. The first-order valence-electron chi connectivity index (χ1n) is 12.8. The number of rotatable bonds is 3. The molecule has 0 fully saturated rings. The van der Waals surface area contributed by atoms with Crippen molar-refractivity contribution in [3.63, 3.8) is 0 Å². The fourth-order valence-corrected chi connectivity index (χ4v) is 5.92. The number of hydrogen-bond acceptors (Lipinski definition) is 2. The van der Waals surface area contributed by atoms with Gasteiger partial charge in [-0.05, 0) is 42.5 Å². The molecule has 0 atom stereocenters. The topological polar surface area (TPSA) is 35.6 Å². The Labute approximate surface area is 219 Å². The Balaban J connectivity index is 1.57. The molecule has 8 aromatic rings. The Morgan fingerprint density at radius 1 is 0.368 bits per heavy atom. The van der Waals surface area contributed by atoms with E-state index in [2.05, 4.69) is 124 Å². The summed E-state index contributed by atoms with van der Waals surface area (Å²) in [4.78, 5) is 9.55. The highest BCUT2D eigenvalue weighted by Crippen LogP contribution is 2.40. The van der Waals surface area contributed by atoms with Crippen LogP contribution in [0, 0.1) is 0 Å². The van der Waals surface area contributed by atoms with E-state index in [1.54, 1.807) is 0 Å². The van der Waals surface area contributed by atoms with Crippen LogP contribution in [-0.2, 0) is 0 Å². The Bertz CT molecular complexity index is 1900. The van der Waals surface area contributed by atoms with Crippen LogP contribution in [0.2, 0.25) is 0 Å². The molecule has 3 aromatic heterocycles. The first kappa shape index (κ1) is 20.9. The first-order valence-corrected chi connectivity index (χ1v) is 12.8. The van der Waals surface area contributed by atoms with Gasteiger partial charge in [0.1, 0.15) is 0 Å². The standard InChI is InChI=1S/C34H22N4/c1-5-15-27-23(11-1)24-12-2-6-16-28(24)37(27)31-19-9-20-32(33(31)34-35-21-10-22-36-34)38-29-17-7-3-13-25(29)26-14-4-8-18-30(26)38/h1-22H. The maximum Gasteiger partial charge on any atom is 0.163 e. The smallest absolute Gasteiger partial charge is 0.163 e. The van der Waals surface area contributed by atoms with Crippen LogP contribution in [0.5, 0.6) is 0 Å². The third-order valence-electron chi connectivity index (χ3n) is 7.45. The van der Waals surface area contributed by atoms with Gasteiger partial charge in [0.25, 0.3) is 0 Å². The monoisotopic (exact) mass is 486 g/mol. The van der Waals surface area contributed by atoms with E-state index in [1.165, 1.54) is 21.5 Å². The first-order chi connectivity index (χ1) is 18.9. The van der Waals surface area contributed by atoms with Gasteiger partial charge in [-0.15, -0.1) is 0 Å². The van der Waals surface area contributed by atoms with Crippen molar-refractivity contribution in [3.05, 3.63) is 134 Å². The summed E-state index contributed by atoms with van der Waals surface area (Å²) in [5.41, 5.74) is 7.72. The zero-order valence-electron chi connectivity index (χ0n) is 20.5. The van der Waals surface area contributed by atoms with E-state index in [9.17, 15) is 0 Å². The second-order valence-corrected chi connectivity index (χ2v) is 9.48. The lowest BCUT2D eigenvalue weighted by Crippen LogP contribution is -2.05. The zero-order valence-corrected chi connectivity index (χ0v) is 20.5. The molecule has 0 saturated heterocycles. The fraction of sp³-hybridized carbons (Fsp3) is 0. The number of benzene rings is 5. The molecule has 0 aliphatic carbocycles. The third-order valence-corrected chi connectivity index (χ3v) is 7.45. The van der Waals surface area contributed by atoms with Crippen molar-refractivity contribution in [2.45, 2.75) is 0 Å². The number of nitrogens with zero attached hydrogens (tertiary/aromatic N) is 4. The minimum atomic E-state index is 0.696. The molecule has 0 aliphatic rings. The quantitative estimate of drug-likeness (QED) is 0.252. The molecular weight excluding hydrogens is 464 g/mol. The molecule has 0 spiro atoms. The van der Waals surface area contributed by atoms with Crippen molar-refractivity contribution in [2.24, 2.45) is 0 Å². The largest absolute Gasteiger partial charge is 0.308 e. The second kappa shape index (κ2) is 8.15. The highest BCUT2D eigenvalue weighted by molar-refractivity contribution is 6.11. The van der Waals surface area contributed by atoms with Gasteiger partial charge < -0.3 is 9.13 Å². The summed E-state index contributed by atoms with van der Waals surface area (Å²) < 4.78 is 4.71. The summed E-state index contributed by atoms with van der Waals surface area (Å²) in [6.45, 7) is 0. The summed E-state index contributed by atoms with van der Waals surface area (Å²) >= 11 is 0. The normalized spacial score (nSPS) is 11.7. The average Bonchev–Trinajstić information content (AvgIpc) is 3.50. The molecule has 0 radical (unpaired) electrons. The summed E-state index contributed by atoms with van der Waals surface area (Å²) in [5.74, 6) is 0.696. The highest BCUT2D eigenvalue weighted by atomic mass is 15.0. The van der Waals surface area contributed by atoms with Crippen LogP contribution in [0.15, 0.2) is 134 Å². The van der Waals surface area contributed by atoms with Crippen LogP contribution < -0.4 is 0 Å². The van der Waals surface area contributed by atoms with Crippen molar-refractivity contribution in [1.82, 2.24) is 19.1 Å². The lowest BCUT2D eigenvalue weighted by Gasteiger charge is -2.18. The van der Waals surface area contributed by atoms with Crippen LogP contribution in [0.3, 0.4) is 0 Å². The minimum absolute atomic E-state index is 0.696. The molecule has 4 heteroatoms. The maximum atomic E-state index is 4.77. The molecule has 0 amide bonds. The lowest BCUT2D eigenvalue weighted by molar-refractivity contribution is 1.10. The second-order valence-electron chi connectivity index (χ2n) is 9.48. The van der Waals surface area contributed by atoms with E-state index in [0.29, 0.717) is 5.82 Å². The molecule has 3 heterocycles. The van der Waals surface area contributed by atoms with E-state index >= 15 is 0 Å². The molecule has 0 saturated carbocycles. The van der Waals surface area contributed by atoms with Gasteiger partial charge in [0, 0.05) is 33.9 Å². The minimum Gasteiger partial charge on any atom is -0.308 e. The zero-order chi connectivity index (χ0) is 25.1. The average molecular weight is 487 g/mol. The van der Waals surface area contributed by atoms with Gasteiger partial charge in [-0.1, -0.05) is 78.9 Å². The van der Waals surface area contributed by atoms with Crippen molar-refractivity contribution in [3.8, 4) is 22.8 Å². The van der Waals surface area contributed by atoms with Gasteiger partial charge in [0.05, 0.1) is 39.0 Å². The van der Waals surface area contributed by atoms with Gasteiger partial charge in [-0.2, -0.15) is 0 Å². The Morgan fingerprint density at radius 3 is 1.13 bits per heavy atom. The predicted molar refractivity (Wildman–Crippen MR) is 156 cm³/mol. The van der Waals surface area contributed by atoms with Crippen molar-refractivity contribution in [2.75, 3.05) is 0 Å². The molecule has 178 valence electrons. The molecule has 0 unspecified atom stereocenters. The SMILES string of the molecule is c1cnc(-c2c(-n3c4ccccc4c4ccccc43)cccc2-n2c3ccccc3c3ccccc32)nc1. The van der Waals surface area contributed by atoms with E-state index in [4.69, 9.17) is 9.97 Å². The number of aromatic nitrogens is 4. The van der Waals surface area contributed by atoms with Crippen LogP contribution in [-0.4, -0.2) is 19.1 Å². The molecular formula is C34H22N4. The number of para-hydroxylation sites is 4. The van der Waals surface area contributed by atoms with Gasteiger partial charge in [-0.25, -0.2) is 9.97 Å². The molecule has 0 aliphatic heterocycles. The predicted octanol–water partition coefficient (Wildman–Crippen LogP) is 8.34. The molecule has 5 aromatic carbocycles. The summed E-state index contributed by atoms with van der Waals surface area (Å²) in [7, 11) is 0. The van der Waals surface area contributed by atoms with E-state index < -0.39 is 0 Å². The molecule has 0 bridgehead atoms. The summed E-state index contributed by atoms with van der Waals surface area (Å²) in [6.07, 6.45) is 3.64. The van der Waals surface area contributed by atoms with E-state index in [1.807, 2.05) is 18.5 Å². The molecule has 38 heavy (non-hydrogen) atoms. The Hall–Kier alpha value is -5.22. The maximum absolute atomic E-state index is 4.77. The van der Waals surface area contributed by atoms with E-state index in [0.717, 1.165) is 39.0 Å². The van der Waals surface area contributed by atoms with Gasteiger partial charge in [0.2, 0.25) is 0 Å². The summed E-state index contributed by atoms with van der Waals surface area (Å²) in [6, 6.07) is 42.8. The van der Waals surface area contributed by atoms with Crippen molar-refractivity contribution >= 4 is 43.6 Å².